The molecule has 2 N–H and O–H groups in total. The minimum atomic E-state index is -0.626. The summed E-state index contributed by atoms with van der Waals surface area (Å²) in [5.41, 5.74) is 0.927. The van der Waals surface area contributed by atoms with Gasteiger partial charge in [0.2, 0.25) is 0 Å². The maximum absolute atomic E-state index is 11.4. The van der Waals surface area contributed by atoms with Crippen molar-refractivity contribution in [1.82, 2.24) is 5.32 Å². The summed E-state index contributed by atoms with van der Waals surface area (Å²) in [5.74, 6) is 0. The van der Waals surface area contributed by atoms with Crippen LogP contribution in [0.3, 0.4) is 0 Å². The highest BCUT2D eigenvalue weighted by Crippen LogP contribution is 2.02. The second kappa shape index (κ2) is 7.29. The molecule has 0 bridgehead atoms. The fraction of sp³-hybridized carbons (Fsp3) is 0.417. The van der Waals surface area contributed by atoms with E-state index in [0.717, 1.165) is 5.56 Å². The molecule has 17 heavy (non-hydrogen) atoms. The molecule has 1 rings (SSSR count). The number of ether oxygens (including phenoxy) is 1. The van der Waals surface area contributed by atoms with E-state index in [9.17, 15) is 9.90 Å². The summed E-state index contributed by atoms with van der Waals surface area (Å²) in [7, 11) is 0. The topological polar surface area (TPSA) is 58.6 Å². The number of carbonyl (C=O) groups excluding carboxylic acids is 1. The molecule has 0 aliphatic heterocycles. The van der Waals surface area contributed by atoms with E-state index in [0.29, 0.717) is 5.33 Å². The highest BCUT2D eigenvalue weighted by molar-refractivity contribution is 9.09. The molecule has 1 aromatic carbocycles. The van der Waals surface area contributed by atoms with Gasteiger partial charge in [0.15, 0.2) is 0 Å². The highest BCUT2D eigenvalue weighted by atomic mass is 79.9. The largest absolute Gasteiger partial charge is 0.445 e. The third-order valence-corrected chi connectivity index (χ3v) is 2.96. The van der Waals surface area contributed by atoms with Crippen molar-refractivity contribution >= 4 is 22.0 Å². The number of alkyl carbamates (subject to hydrolysis) is 1. The van der Waals surface area contributed by atoms with Gasteiger partial charge in [-0.15, -0.1) is 0 Å². The Bertz CT molecular complexity index is 345. The van der Waals surface area contributed by atoms with Gasteiger partial charge in [-0.3, -0.25) is 0 Å². The smallest absolute Gasteiger partial charge is 0.407 e. The molecule has 0 heterocycles. The standard InChI is InChI=1S/C12H16BrNO3/c1-9(11(15)7-13)14-12(16)17-8-10-5-3-2-4-6-10/h2-6,9,11,15H,7-8H2,1H3,(H,14,16)/t9-,11+/m0/s1. The van der Waals surface area contributed by atoms with Gasteiger partial charge in [-0.2, -0.15) is 0 Å². The molecule has 5 heteroatoms. The van der Waals surface area contributed by atoms with Crippen LogP contribution in [0.15, 0.2) is 30.3 Å². The lowest BCUT2D eigenvalue weighted by molar-refractivity contribution is 0.115. The van der Waals surface area contributed by atoms with Crippen LogP contribution in [0.2, 0.25) is 0 Å². The summed E-state index contributed by atoms with van der Waals surface area (Å²) in [6.07, 6.45) is -1.15. The molecule has 4 nitrogen and oxygen atoms in total. The molecular formula is C12H16BrNO3. The lowest BCUT2D eigenvalue weighted by Gasteiger charge is -2.17. The fourth-order valence-corrected chi connectivity index (χ4v) is 1.74. The van der Waals surface area contributed by atoms with E-state index in [-0.39, 0.29) is 12.6 Å². The van der Waals surface area contributed by atoms with E-state index in [1.165, 1.54) is 0 Å². The normalized spacial score (nSPS) is 13.8. The molecule has 2 atom stereocenters. The molecule has 0 aliphatic rings. The highest BCUT2D eigenvalue weighted by Gasteiger charge is 2.15. The maximum Gasteiger partial charge on any atom is 0.407 e. The van der Waals surface area contributed by atoms with Crippen LogP contribution in [0.25, 0.3) is 0 Å². The third-order valence-electron chi connectivity index (χ3n) is 2.29. The Morgan fingerprint density at radius 1 is 1.47 bits per heavy atom. The molecule has 0 aromatic heterocycles. The first kappa shape index (κ1) is 14.0. The van der Waals surface area contributed by atoms with E-state index in [1.807, 2.05) is 30.3 Å². The van der Waals surface area contributed by atoms with E-state index in [2.05, 4.69) is 21.2 Å². The van der Waals surface area contributed by atoms with Crippen molar-refractivity contribution in [2.45, 2.75) is 25.7 Å². The first-order valence-corrected chi connectivity index (χ1v) is 6.47. The van der Waals surface area contributed by atoms with Crippen LogP contribution >= 0.6 is 15.9 Å². The first-order valence-electron chi connectivity index (χ1n) is 5.34. The SMILES string of the molecule is C[C@H](NC(=O)OCc1ccccc1)[C@H](O)CBr. The lowest BCUT2D eigenvalue weighted by atomic mass is 10.2. The van der Waals surface area contributed by atoms with Crippen molar-refractivity contribution in [3.8, 4) is 0 Å². The van der Waals surface area contributed by atoms with Gasteiger partial charge in [0.25, 0.3) is 0 Å². The van der Waals surface area contributed by atoms with Gasteiger partial charge in [-0.1, -0.05) is 46.3 Å². The Morgan fingerprint density at radius 2 is 2.12 bits per heavy atom. The Kier molecular flexibility index (Phi) is 6.00. The van der Waals surface area contributed by atoms with E-state index < -0.39 is 12.2 Å². The van der Waals surface area contributed by atoms with Crippen molar-refractivity contribution in [3.05, 3.63) is 35.9 Å². The summed E-state index contributed by atoms with van der Waals surface area (Å²) in [4.78, 5) is 11.4. The molecule has 1 amide bonds. The average molecular weight is 302 g/mol. The van der Waals surface area contributed by atoms with Gasteiger partial charge in [-0.25, -0.2) is 4.79 Å². The predicted octanol–water partition coefficient (Wildman–Crippen LogP) is 2.06. The summed E-state index contributed by atoms with van der Waals surface area (Å²) in [5, 5.41) is 12.4. The molecule has 0 unspecified atom stereocenters. The Balaban J connectivity index is 2.31. The first-order chi connectivity index (χ1) is 8.13. The fourth-order valence-electron chi connectivity index (χ4n) is 1.18. The van der Waals surface area contributed by atoms with Crippen LogP contribution in [-0.4, -0.2) is 28.7 Å². The van der Waals surface area contributed by atoms with Crippen LogP contribution in [0.4, 0.5) is 4.79 Å². The number of nitrogens with one attached hydrogen (secondary N) is 1. The molecule has 94 valence electrons. The van der Waals surface area contributed by atoms with Gasteiger partial charge < -0.3 is 15.2 Å². The maximum atomic E-state index is 11.4. The second-order valence-corrected chi connectivity index (χ2v) is 4.36. The number of hydrogen-bond donors (Lipinski definition) is 2. The van der Waals surface area contributed by atoms with Crippen molar-refractivity contribution < 1.29 is 14.6 Å². The number of rotatable bonds is 5. The molecule has 0 saturated heterocycles. The van der Waals surface area contributed by atoms with Crippen molar-refractivity contribution in [1.29, 1.82) is 0 Å². The quantitative estimate of drug-likeness (QED) is 0.819. The summed E-state index contributed by atoms with van der Waals surface area (Å²) in [6, 6.07) is 9.07. The monoisotopic (exact) mass is 301 g/mol. The summed E-state index contributed by atoms with van der Waals surface area (Å²) < 4.78 is 5.02. The second-order valence-electron chi connectivity index (χ2n) is 3.72. The molecule has 1 aromatic rings. The van der Waals surface area contributed by atoms with Crippen LogP contribution < -0.4 is 5.32 Å². The van der Waals surface area contributed by atoms with E-state index in [1.54, 1.807) is 6.92 Å². The van der Waals surface area contributed by atoms with Crippen molar-refractivity contribution in [3.63, 3.8) is 0 Å². The van der Waals surface area contributed by atoms with Crippen LogP contribution in [0, 0.1) is 0 Å². The van der Waals surface area contributed by atoms with Crippen molar-refractivity contribution in [2.75, 3.05) is 5.33 Å². The Morgan fingerprint density at radius 3 is 2.71 bits per heavy atom. The van der Waals surface area contributed by atoms with Gasteiger partial charge in [0.05, 0.1) is 12.1 Å². The van der Waals surface area contributed by atoms with E-state index in [4.69, 9.17) is 4.74 Å². The minimum absolute atomic E-state index is 0.226. The lowest BCUT2D eigenvalue weighted by Crippen LogP contribution is -2.42. The summed E-state index contributed by atoms with van der Waals surface area (Å²) in [6.45, 7) is 1.94. The van der Waals surface area contributed by atoms with Crippen molar-refractivity contribution in [2.24, 2.45) is 0 Å². The van der Waals surface area contributed by atoms with Gasteiger partial charge in [0, 0.05) is 5.33 Å². The summed E-state index contributed by atoms with van der Waals surface area (Å²) >= 11 is 3.14. The molecule has 0 fully saturated rings. The van der Waals surface area contributed by atoms with Gasteiger partial charge >= 0.3 is 6.09 Å². The van der Waals surface area contributed by atoms with E-state index >= 15 is 0 Å². The number of halogens is 1. The molecular weight excluding hydrogens is 286 g/mol. The zero-order chi connectivity index (χ0) is 12.7. The Hall–Kier alpha value is -1.07. The van der Waals surface area contributed by atoms with Crippen LogP contribution in [0.1, 0.15) is 12.5 Å². The van der Waals surface area contributed by atoms with Crippen LogP contribution in [0.5, 0.6) is 0 Å². The average Bonchev–Trinajstić information content (AvgIpc) is 2.36. The van der Waals surface area contributed by atoms with Gasteiger partial charge in [-0.05, 0) is 12.5 Å². The molecule has 0 spiro atoms. The number of amides is 1. The molecule has 0 radical (unpaired) electrons. The zero-order valence-electron chi connectivity index (χ0n) is 9.60. The number of aliphatic hydroxyl groups is 1. The van der Waals surface area contributed by atoms with Crippen LogP contribution in [-0.2, 0) is 11.3 Å². The predicted molar refractivity (Wildman–Crippen MR) is 69.0 cm³/mol. The number of hydrogen-bond acceptors (Lipinski definition) is 3. The minimum Gasteiger partial charge on any atom is -0.445 e. The van der Waals surface area contributed by atoms with Gasteiger partial charge in [0.1, 0.15) is 6.61 Å². The molecule has 0 aliphatic carbocycles. The zero-order valence-corrected chi connectivity index (χ0v) is 11.2. The number of aliphatic hydroxyl groups excluding tert-OH is 1. The molecule has 0 saturated carbocycles. The number of carbonyl (C=O) groups is 1. The third kappa shape index (κ3) is 5.19. The number of alkyl halides is 1. The Labute approximate surface area is 109 Å². The number of benzene rings is 1.